The van der Waals surface area contributed by atoms with Crippen molar-refractivity contribution in [3.05, 3.63) is 24.3 Å². The number of aliphatic carboxylic acids is 1. The van der Waals surface area contributed by atoms with Gasteiger partial charge in [0.15, 0.2) is 0 Å². The summed E-state index contributed by atoms with van der Waals surface area (Å²) in [6.07, 6.45) is 0. The van der Waals surface area contributed by atoms with Gasteiger partial charge in [-0.3, -0.25) is 0 Å². The Kier molecular flexibility index (Phi) is 3.38. The molecule has 5 nitrogen and oxygen atoms in total. The molecule has 1 aromatic carbocycles. The topological polar surface area (TPSA) is 66.8 Å². The molecule has 1 unspecified atom stereocenters. The summed E-state index contributed by atoms with van der Waals surface area (Å²) in [4.78, 5) is 24.1. The summed E-state index contributed by atoms with van der Waals surface area (Å²) in [5.41, 5.74) is 0.528. The van der Waals surface area contributed by atoms with E-state index < -0.39 is 5.97 Å². The average molecular weight is 297 g/mol. The SMILES string of the molecule is O=C(O)CN1C(=O)[C@@H]([AsH2])COc2ccccc21. The number of benzene rings is 1. The standard InChI is InChI=1S/C11H12AsNO4/c12-7-6-17-9-4-2-1-3-8(9)13(11(7)16)5-10(14)15/h1-4,7H,5-6,12H2,(H,14,15)/t7-/m0/s1. The van der Waals surface area contributed by atoms with Crippen LogP contribution in [0.15, 0.2) is 24.3 Å². The molecule has 1 aliphatic rings. The Morgan fingerprint density at radius 3 is 2.94 bits per heavy atom. The van der Waals surface area contributed by atoms with Crippen LogP contribution in [-0.4, -0.2) is 47.0 Å². The zero-order valence-electron chi connectivity index (χ0n) is 9.00. The number of carboxylic acid groups (broad SMARTS) is 1. The summed E-state index contributed by atoms with van der Waals surface area (Å²) < 4.78 is 5.22. The summed E-state index contributed by atoms with van der Waals surface area (Å²) in [6, 6.07) is 6.98. The zero-order valence-corrected chi connectivity index (χ0v) is 11.4. The van der Waals surface area contributed by atoms with Crippen molar-refractivity contribution in [3.63, 3.8) is 0 Å². The van der Waals surface area contributed by atoms with Crippen LogP contribution >= 0.6 is 0 Å². The Morgan fingerprint density at radius 2 is 2.24 bits per heavy atom. The number of carbonyl (C=O) groups is 2. The Balaban J connectivity index is 2.43. The van der Waals surface area contributed by atoms with E-state index >= 15 is 0 Å². The fourth-order valence-corrected chi connectivity index (χ4v) is 2.25. The van der Waals surface area contributed by atoms with Crippen molar-refractivity contribution in [1.82, 2.24) is 0 Å². The second kappa shape index (κ2) is 4.80. The van der Waals surface area contributed by atoms with E-state index in [2.05, 4.69) is 0 Å². The van der Waals surface area contributed by atoms with Gasteiger partial charge in [0.1, 0.15) is 0 Å². The Labute approximate surface area is 107 Å². The number of rotatable bonds is 2. The third-order valence-corrected chi connectivity index (χ3v) is 3.45. The molecule has 0 radical (unpaired) electrons. The van der Waals surface area contributed by atoms with Gasteiger partial charge in [-0.2, -0.15) is 0 Å². The monoisotopic (exact) mass is 297 g/mol. The number of hydrogen-bond donors (Lipinski definition) is 1. The predicted octanol–water partition coefficient (Wildman–Crippen LogP) is -0.0818. The molecule has 0 spiro atoms. The summed E-state index contributed by atoms with van der Waals surface area (Å²) in [5, 5.41) is 8.86. The molecule has 0 aromatic heterocycles. The number of amides is 1. The maximum atomic E-state index is 12.0. The van der Waals surface area contributed by atoms with Gasteiger partial charge >= 0.3 is 107 Å². The van der Waals surface area contributed by atoms with Gasteiger partial charge in [0, 0.05) is 0 Å². The van der Waals surface area contributed by atoms with Crippen LogP contribution < -0.4 is 9.64 Å². The second-order valence-corrected chi connectivity index (χ2v) is 5.39. The molecule has 1 aromatic rings. The van der Waals surface area contributed by atoms with E-state index in [1.807, 2.05) is 0 Å². The third-order valence-electron chi connectivity index (χ3n) is 2.45. The van der Waals surface area contributed by atoms with Crippen LogP contribution in [0.5, 0.6) is 5.75 Å². The van der Waals surface area contributed by atoms with Crippen LogP contribution in [-0.2, 0) is 9.59 Å². The fraction of sp³-hybridized carbons (Fsp3) is 0.273. The van der Waals surface area contributed by atoms with Gasteiger partial charge in [0.2, 0.25) is 0 Å². The summed E-state index contributed by atoms with van der Waals surface area (Å²) >= 11 is 1.24. The fourth-order valence-electron chi connectivity index (χ4n) is 1.67. The van der Waals surface area contributed by atoms with Crippen LogP contribution in [0.3, 0.4) is 0 Å². The van der Waals surface area contributed by atoms with Crippen molar-refractivity contribution in [1.29, 1.82) is 0 Å². The number of ether oxygens (including phenoxy) is 1. The summed E-state index contributed by atoms with van der Waals surface area (Å²) in [5.74, 6) is -0.672. The van der Waals surface area contributed by atoms with Gasteiger partial charge < -0.3 is 0 Å². The molecule has 1 N–H and O–H groups in total. The molecule has 2 atom stereocenters. The van der Waals surface area contributed by atoms with Crippen LogP contribution in [0.1, 0.15) is 0 Å². The third kappa shape index (κ3) is 2.44. The molecule has 0 saturated carbocycles. The molecule has 2 rings (SSSR count). The van der Waals surface area contributed by atoms with E-state index in [4.69, 9.17) is 9.84 Å². The molecule has 6 heteroatoms. The van der Waals surface area contributed by atoms with Crippen molar-refractivity contribution >= 4 is 34.4 Å². The summed E-state index contributed by atoms with van der Waals surface area (Å²) in [7, 11) is 0. The first-order chi connectivity index (χ1) is 8.09. The van der Waals surface area contributed by atoms with E-state index in [0.29, 0.717) is 18.0 Å². The van der Waals surface area contributed by atoms with Crippen LogP contribution in [0.4, 0.5) is 5.69 Å². The molecule has 0 aliphatic carbocycles. The van der Waals surface area contributed by atoms with Gasteiger partial charge in [0.05, 0.1) is 0 Å². The number of para-hydroxylation sites is 2. The summed E-state index contributed by atoms with van der Waals surface area (Å²) in [6.45, 7) is -0.0361. The molecule has 1 aliphatic heterocycles. The molecular formula is C11H12AsNO4. The number of hydrogen-bond acceptors (Lipinski definition) is 3. The van der Waals surface area contributed by atoms with Crippen LogP contribution in [0.25, 0.3) is 0 Å². The molecule has 17 heavy (non-hydrogen) atoms. The molecule has 1 amide bonds. The van der Waals surface area contributed by atoms with Crippen LogP contribution in [0, 0.1) is 0 Å². The molecule has 1 heterocycles. The van der Waals surface area contributed by atoms with E-state index in [1.54, 1.807) is 24.3 Å². The van der Waals surface area contributed by atoms with E-state index in [1.165, 1.54) is 21.8 Å². The first-order valence-electron chi connectivity index (χ1n) is 5.10. The minimum atomic E-state index is -1.03. The second-order valence-electron chi connectivity index (χ2n) is 3.70. The molecule has 90 valence electrons. The molecule has 0 fully saturated rings. The first kappa shape index (κ1) is 12.0. The Bertz CT molecular complexity index is 463. The van der Waals surface area contributed by atoms with Gasteiger partial charge in [-0.15, -0.1) is 0 Å². The van der Waals surface area contributed by atoms with Crippen molar-refractivity contribution in [2.45, 2.75) is 4.71 Å². The number of fused-ring (bicyclic) bond motifs is 1. The average Bonchev–Trinajstić information content (AvgIpc) is 2.42. The van der Waals surface area contributed by atoms with Crippen molar-refractivity contribution in [2.24, 2.45) is 0 Å². The van der Waals surface area contributed by atoms with Gasteiger partial charge in [-0.1, -0.05) is 0 Å². The van der Waals surface area contributed by atoms with Gasteiger partial charge in [-0.05, 0) is 0 Å². The zero-order chi connectivity index (χ0) is 12.4. The quantitative estimate of drug-likeness (QED) is 0.775. The predicted molar refractivity (Wildman–Crippen MR) is 64.2 cm³/mol. The normalized spacial score (nSPS) is 19.2. The van der Waals surface area contributed by atoms with Crippen LogP contribution in [0.2, 0.25) is 4.71 Å². The number of carbonyl (C=O) groups excluding carboxylic acids is 1. The number of carboxylic acids is 1. The first-order valence-corrected chi connectivity index (χ1v) is 6.50. The number of anilines is 1. The molecular weight excluding hydrogens is 285 g/mol. The van der Waals surface area contributed by atoms with E-state index in [0.717, 1.165) is 0 Å². The number of nitrogens with zero attached hydrogens (tertiary/aromatic N) is 1. The van der Waals surface area contributed by atoms with Crippen molar-refractivity contribution < 1.29 is 19.4 Å². The van der Waals surface area contributed by atoms with Gasteiger partial charge in [0.25, 0.3) is 0 Å². The van der Waals surface area contributed by atoms with E-state index in [-0.39, 0.29) is 17.2 Å². The Morgan fingerprint density at radius 1 is 1.53 bits per heavy atom. The van der Waals surface area contributed by atoms with Crippen molar-refractivity contribution in [2.75, 3.05) is 18.1 Å². The van der Waals surface area contributed by atoms with E-state index in [9.17, 15) is 9.59 Å². The van der Waals surface area contributed by atoms with Gasteiger partial charge in [-0.25, -0.2) is 0 Å². The molecule has 0 bridgehead atoms. The minimum absolute atomic E-state index is 0.197. The maximum absolute atomic E-state index is 12.0. The molecule has 0 saturated heterocycles. The Hall–Kier alpha value is -1.48. The van der Waals surface area contributed by atoms with Crippen molar-refractivity contribution in [3.8, 4) is 5.75 Å².